The lowest BCUT2D eigenvalue weighted by molar-refractivity contribution is 0.398. The molecule has 0 aromatic heterocycles. The highest BCUT2D eigenvalue weighted by atomic mass is 16.3. The van der Waals surface area contributed by atoms with Crippen LogP contribution < -0.4 is 0 Å². The third kappa shape index (κ3) is 8.92. The number of aromatic hydroxyl groups is 2. The standard InChI is InChI=1S/C21H30O2/c1-2-3-4-5-6-7-8-9-10-11-12-13-14-16-19-17-15-18-20(22)21(19)23/h2,4-5,7-8,15,17-18,22-23H,1,3,6,9-14,16H2/b5-4-,8-7-. The number of phenols is 2. The molecule has 0 bridgehead atoms. The lowest BCUT2D eigenvalue weighted by Crippen LogP contribution is -1.87. The van der Waals surface area contributed by atoms with Gasteiger partial charge in [0.2, 0.25) is 0 Å². The largest absolute Gasteiger partial charge is 0.504 e. The number of hydrogen-bond acceptors (Lipinski definition) is 2. The number of hydrogen-bond donors (Lipinski definition) is 2. The van der Waals surface area contributed by atoms with Crippen molar-refractivity contribution in [2.24, 2.45) is 0 Å². The second-order valence-electron chi connectivity index (χ2n) is 5.79. The number of rotatable bonds is 12. The molecular formula is C21H30O2. The van der Waals surface area contributed by atoms with E-state index in [1.54, 1.807) is 6.07 Å². The number of unbranched alkanes of at least 4 members (excludes halogenated alkanes) is 5. The Morgan fingerprint density at radius 2 is 1.52 bits per heavy atom. The summed E-state index contributed by atoms with van der Waals surface area (Å²) in [5.41, 5.74) is 0.845. The third-order valence-electron chi connectivity index (χ3n) is 3.82. The fourth-order valence-corrected chi connectivity index (χ4v) is 2.47. The Bertz CT molecular complexity index is 501. The summed E-state index contributed by atoms with van der Waals surface area (Å²) >= 11 is 0. The molecule has 0 spiro atoms. The first kappa shape index (κ1) is 19.1. The minimum Gasteiger partial charge on any atom is -0.504 e. The van der Waals surface area contributed by atoms with Gasteiger partial charge in [0, 0.05) is 0 Å². The van der Waals surface area contributed by atoms with Gasteiger partial charge in [-0.25, -0.2) is 0 Å². The molecule has 1 aromatic carbocycles. The number of phenolic OH excluding ortho intramolecular Hbond substituents is 2. The Morgan fingerprint density at radius 1 is 0.826 bits per heavy atom. The van der Waals surface area contributed by atoms with Crippen LogP contribution >= 0.6 is 0 Å². The van der Waals surface area contributed by atoms with Crippen LogP contribution in [0.3, 0.4) is 0 Å². The molecule has 23 heavy (non-hydrogen) atoms. The summed E-state index contributed by atoms with van der Waals surface area (Å²) in [5.74, 6) is 0.0217. The third-order valence-corrected chi connectivity index (χ3v) is 3.82. The smallest absolute Gasteiger partial charge is 0.160 e. The van der Waals surface area contributed by atoms with Crippen LogP contribution in [0.25, 0.3) is 0 Å². The zero-order valence-corrected chi connectivity index (χ0v) is 14.1. The van der Waals surface area contributed by atoms with Gasteiger partial charge in [0.05, 0.1) is 0 Å². The van der Waals surface area contributed by atoms with Gasteiger partial charge >= 0.3 is 0 Å². The highest BCUT2D eigenvalue weighted by molar-refractivity contribution is 5.44. The molecule has 2 nitrogen and oxygen atoms in total. The van der Waals surface area contributed by atoms with E-state index in [-0.39, 0.29) is 11.5 Å². The van der Waals surface area contributed by atoms with E-state index in [0.29, 0.717) is 0 Å². The minimum atomic E-state index is -0.0198. The zero-order valence-electron chi connectivity index (χ0n) is 14.1. The molecule has 0 heterocycles. The second-order valence-corrected chi connectivity index (χ2v) is 5.79. The van der Waals surface area contributed by atoms with Crippen LogP contribution in [-0.2, 0) is 6.42 Å². The van der Waals surface area contributed by atoms with E-state index >= 15 is 0 Å². The fraction of sp³-hybridized carbons (Fsp3) is 0.429. The molecule has 0 unspecified atom stereocenters. The first-order chi connectivity index (χ1) is 11.3. The van der Waals surface area contributed by atoms with E-state index in [4.69, 9.17) is 0 Å². The Labute approximate surface area is 140 Å². The average Bonchev–Trinajstić information content (AvgIpc) is 2.55. The summed E-state index contributed by atoms with van der Waals surface area (Å²) in [4.78, 5) is 0. The Balaban J connectivity index is 1.98. The lowest BCUT2D eigenvalue weighted by atomic mass is 10.0. The van der Waals surface area contributed by atoms with Gasteiger partial charge in [-0.05, 0) is 50.2 Å². The van der Waals surface area contributed by atoms with Crippen molar-refractivity contribution in [3.63, 3.8) is 0 Å². The fourth-order valence-electron chi connectivity index (χ4n) is 2.47. The van der Waals surface area contributed by atoms with E-state index in [0.717, 1.165) is 37.7 Å². The Morgan fingerprint density at radius 3 is 2.35 bits per heavy atom. The molecule has 2 heteroatoms. The van der Waals surface area contributed by atoms with Gasteiger partial charge in [-0.15, -0.1) is 6.58 Å². The second kappa shape index (κ2) is 12.6. The SMILES string of the molecule is C=CC/C=C\C/C=C\CCCCCCCc1cccc(O)c1O. The Kier molecular flexibility index (Phi) is 10.4. The molecule has 126 valence electrons. The van der Waals surface area contributed by atoms with E-state index in [1.807, 2.05) is 12.1 Å². The topological polar surface area (TPSA) is 40.5 Å². The van der Waals surface area contributed by atoms with Crippen molar-refractivity contribution in [3.8, 4) is 11.5 Å². The van der Waals surface area contributed by atoms with Crippen molar-refractivity contribution < 1.29 is 10.2 Å². The van der Waals surface area contributed by atoms with E-state index < -0.39 is 0 Å². The number of para-hydroxylation sites is 1. The molecular weight excluding hydrogens is 284 g/mol. The molecule has 0 aliphatic heterocycles. The van der Waals surface area contributed by atoms with E-state index in [1.165, 1.54) is 31.7 Å². The highest BCUT2D eigenvalue weighted by Crippen LogP contribution is 2.29. The maximum absolute atomic E-state index is 9.72. The quantitative estimate of drug-likeness (QED) is 0.280. The molecule has 0 saturated heterocycles. The molecule has 0 fully saturated rings. The predicted molar refractivity (Wildman–Crippen MR) is 98.9 cm³/mol. The molecule has 2 N–H and O–H groups in total. The summed E-state index contributed by atoms with van der Waals surface area (Å²) < 4.78 is 0. The highest BCUT2D eigenvalue weighted by Gasteiger charge is 2.04. The van der Waals surface area contributed by atoms with Crippen molar-refractivity contribution in [2.75, 3.05) is 0 Å². The van der Waals surface area contributed by atoms with Crippen LogP contribution in [0.4, 0.5) is 0 Å². The molecule has 1 rings (SSSR count). The van der Waals surface area contributed by atoms with Crippen LogP contribution in [0.5, 0.6) is 11.5 Å². The molecule has 0 aliphatic rings. The number of benzene rings is 1. The van der Waals surface area contributed by atoms with Crippen LogP contribution in [-0.4, -0.2) is 10.2 Å². The first-order valence-electron chi connectivity index (χ1n) is 8.66. The van der Waals surface area contributed by atoms with Gasteiger partial charge in [-0.3, -0.25) is 0 Å². The summed E-state index contributed by atoms with van der Waals surface area (Å²) in [6, 6.07) is 5.17. The molecule has 0 aliphatic carbocycles. The normalized spacial score (nSPS) is 11.5. The van der Waals surface area contributed by atoms with E-state index in [2.05, 4.69) is 30.9 Å². The van der Waals surface area contributed by atoms with Crippen LogP contribution in [0.1, 0.15) is 56.9 Å². The zero-order chi connectivity index (χ0) is 16.8. The van der Waals surface area contributed by atoms with Crippen LogP contribution in [0, 0.1) is 0 Å². The summed E-state index contributed by atoms with van der Waals surface area (Å²) in [6.45, 7) is 3.68. The predicted octanol–water partition coefficient (Wildman–Crippen LogP) is 6.06. The van der Waals surface area contributed by atoms with Gasteiger partial charge in [0.15, 0.2) is 11.5 Å². The molecule has 0 radical (unpaired) electrons. The van der Waals surface area contributed by atoms with Gasteiger partial charge < -0.3 is 10.2 Å². The average molecular weight is 314 g/mol. The maximum Gasteiger partial charge on any atom is 0.160 e. The minimum absolute atomic E-state index is 0.0198. The van der Waals surface area contributed by atoms with Crippen molar-refractivity contribution in [1.29, 1.82) is 0 Å². The first-order valence-corrected chi connectivity index (χ1v) is 8.66. The van der Waals surface area contributed by atoms with Gasteiger partial charge in [-0.1, -0.05) is 61.8 Å². The maximum atomic E-state index is 9.72. The van der Waals surface area contributed by atoms with Gasteiger partial charge in [0.1, 0.15) is 0 Å². The number of allylic oxidation sites excluding steroid dienone is 5. The summed E-state index contributed by atoms with van der Waals surface area (Å²) in [5, 5.41) is 19.2. The summed E-state index contributed by atoms with van der Waals surface area (Å²) in [6.07, 6.45) is 20.6. The van der Waals surface area contributed by atoms with E-state index in [9.17, 15) is 10.2 Å². The molecule has 0 saturated carbocycles. The van der Waals surface area contributed by atoms with Crippen molar-refractivity contribution in [1.82, 2.24) is 0 Å². The van der Waals surface area contributed by atoms with Crippen molar-refractivity contribution in [3.05, 3.63) is 60.7 Å². The molecule has 0 amide bonds. The van der Waals surface area contributed by atoms with Crippen LogP contribution in [0.15, 0.2) is 55.2 Å². The number of aryl methyl sites for hydroxylation is 1. The Hall–Kier alpha value is -1.96. The van der Waals surface area contributed by atoms with Crippen molar-refractivity contribution >= 4 is 0 Å². The van der Waals surface area contributed by atoms with Gasteiger partial charge in [0.25, 0.3) is 0 Å². The van der Waals surface area contributed by atoms with Crippen LogP contribution in [0.2, 0.25) is 0 Å². The molecule has 0 atom stereocenters. The monoisotopic (exact) mass is 314 g/mol. The van der Waals surface area contributed by atoms with Crippen molar-refractivity contribution in [2.45, 2.75) is 57.8 Å². The van der Waals surface area contributed by atoms with Gasteiger partial charge in [-0.2, -0.15) is 0 Å². The molecule has 1 aromatic rings. The lowest BCUT2D eigenvalue weighted by Gasteiger charge is -2.05. The summed E-state index contributed by atoms with van der Waals surface area (Å²) in [7, 11) is 0.